The van der Waals surface area contributed by atoms with Crippen molar-refractivity contribution in [2.24, 2.45) is 0 Å². The lowest BCUT2D eigenvalue weighted by Gasteiger charge is -1.96. The zero-order chi connectivity index (χ0) is 6.24. The van der Waals surface area contributed by atoms with Crippen LogP contribution in [0.5, 0.6) is 0 Å². The van der Waals surface area contributed by atoms with E-state index in [4.69, 9.17) is 0 Å². The molecule has 0 bridgehead atoms. The Kier molecular flexibility index (Phi) is 7.71. The minimum atomic E-state index is -0.213. The van der Waals surface area contributed by atoms with Crippen molar-refractivity contribution in [2.75, 3.05) is 25.1 Å². The lowest BCUT2D eigenvalue weighted by atomic mass is 10.5. The van der Waals surface area contributed by atoms with Crippen molar-refractivity contribution in [3.05, 3.63) is 0 Å². The average Bonchev–Trinajstić information content (AvgIpc) is 1.81. The fourth-order valence-corrected chi connectivity index (χ4v) is 0.664. The standard InChI is InChI=1S/C5H11BrFN/c6-2-5-8-4-1-3-7/h8H,1-5H2. The molecule has 8 heavy (non-hydrogen) atoms. The molecule has 0 fully saturated rings. The van der Waals surface area contributed by atoms with E-state index in [1.165, 1.54) is 0 Å². The molecule has 0 saturated heterocycles. The van der Waals surface area contributed by atoms with Crippen LogP contribution < -0.4 is 5.32 Å². The molecule has 0 radical (unpaired) electrons. The van der Waals surface area contributed by atoms with Crippen molar-refractivity contribution in [3.8, 4) is 0 Å². The van der Waals surface area contributed by atoms with Crippen molar-refractivity contribution in [1.82, 2.24) is 5.32 Å². The highest BCUT2D eigenvalue weighted by atomic mass is 79.9. The molecule has 0 aromatic carbocycles. The van der Waals surface area contributed by atoms with E-state index in [9.17, 15) is 4.39 Å². The summed E-state index contributed by atoms with van der Waals surface area (Å²) < 4.78 is 11.4. The van der Waals surface area contributed by atoms with E-state index in [2.05, 4.69) is 21.2 Å². The highest BCUT2D eigenvalue weighted by Crippen LogP contribution is 1.78. The Morgan fingerprint density at radius 2 is 2.12 bits per heavy atom. The summed E-state index contributed by atoms with van der Waals surface area (Å²) in [6.45, 7) is 1.51. The summed E-state index contributed by atoms with van der Waals surface area (Å²) in [6, 6.07) is 0. The summed E-state index contributed by atoms with van der Waals surface area (Å²) >= 11 is 3.25. The van der Waals surface area contributed by atoms with Gasteiger partial charge in [-0.05, 0) is 13.0 Å². The van der Waals surface area contributed by atoms with Crippen LogP contribution in [-0.2, 0) is 0 Å². The third-order valence-corrected chi connectivity index (χ3v) is 1.15. The van der Waals surface area contributed by atoms with Gasteiger partial charge in [0, 0.05) is 11.9 Å². The van der Waals surface area contributed by atoms with Gasteiger partial charge >= 0.3 is 0 Å². The summed E-state index contributed by atoms with van der Waals surface area (Å²) in [5.41, 5.74) is 0. The zero-order valence-corrected chi connectivity index (χ0v) is 6.38. The topological polar surface area (TPSA) is 12.0 Å². The van der Waals surface area contributed by atoms with Crippen LogP contribution >= 0.6 is 15.9 Å². The summed E-state index contributed by atoms with van der Waals surface area (Å²) in [4.78, 5) is 0. The van der Waals surface area contributed by atoms with E-state index >= 15 is 0 Å². The van der Waals surface area contributed by atoms with E-state index < -0.39 is 0 Å². The van der Waals surface area contributed by atoms with Gasteiger partial charge in [0.1, 0.15) is 0 Å². The summed E-state index contributed by atoms with van der Waals surface area (Å²) in [7, 11) is 0. The molecule has 0 atom stereocenters. The van der Waals surface area contributed by atoms with Crippen molar-refractivity contribution in [2.45, 2.75) is 6.42 Å². The number of nitrogens with one attached hydrogen (secondary N) is 1. The second kappa shape index (κ2) is 7.37. The van der Waals surface area contributed by atoms with E-state index in [-0.39, 0.29) is 6.67 Å². The van der Waals surface area contributed by atoms with Crippen LogP contribution in [0, 0.1) is 0 Å². The Bertz CT molecular complexity index is 37.4. The minimum Gasteiger partial charge on any atom is -0.316 e. The number of hydrogen-bond donors (Lipinski definition) is 1. The normalized spacial score (nSPS) is 9.75. The Hall–Kier alpha value is 0.370. The van der Waals surface area contributed by atoms with Crippen molar-refractivity contribution < 1.29 is 4.39 Å². The molecule has 1 N–H and O–H groups in total. The fourth-order valence-electron chi connectivity index (χ4n) is 0.384. The molecule has 1 nitrogen and oxygen atoms in total. The van der Waals surface area contributed by atoms with Crippen LogP contribution in [0.3, 0.4) is 0 Å². The first-order chi connectivity index (χ1) is 3.91. The molecule has 0 amide bonds. The third kappa shape index (κ3) is 6.37. The van der Waals surface area contributed by atoms with Crippen LogP contribution in [0.1, 0.15) is 6.42 Å². The molecule has 3 heteroatoms. The van der Waals surface area contributed by atoms with Crippen molar-refractivity contribution >= 4 is 15.9 Å². The van der Waals surface area contributed by atoms with Gasteiger partial charge in [-0.25, -0.2) is 0 Å². The first kappa shape index (κ1) is 8.37. The lowest BCUT2D eigenvalue weighted by molar-refractivity contribution is 0.462. The molecule has 0 aliphatic heterocycles. The second-order valence-electron chi connectivity index (χ2n) is 1.48. The van der Waals surface area contributed by atoms with E-state index in [0.29, 0.717) is 6.42 Å². The van der Waals surface area contributed by atoms with E-state index in [1.807, 2.05) is 0 Å². The van der Waals surface area contributed by atoms with Crippen LogP contribution in [0.25, 0.3) is 0 Å². The van der Waals surface area contributed by atoms with Gasteiger partial charge in [0.2, 0.25) is 0 Å². The van der Waals surface area contributed by atoms with E-state index in [1.54, 1.807) is 0 Å². The summed E-state index contributed by atoms with van der Waals surface area (Å²) in [5.74, 6) is 0. The highest BCUT2D eigenvalue weighted by Gasteiger charge is 1.83. The molecule has 0 spiro atoms. The Morgan fingerprint density at radius 1 is 1.38 bits per heavy atom. The Balaban J connectivity index is 2.53. The van der Waals surface area contributed by atoms with Gasteiger partial charge in [0.25, 0.3) is 0 Å². The smallest absolute Gasteiger partial charge is 0.0906 e. The highest BCUT2D eigenvalue weighted by molar-refractivity contribution is 9.09. The van der Waals surface area contributed by atoms with Gasteiger partial charge in [0.15, 0.2) is 0 Å². The van der Waals surface area contributed by atoms with Gasteiger partial charge in [0.05, 0.1) is 6.67 Å². The maximum Gasteiger partial charge on any atom is 0.0906 e. The number of alkyl halides is 2. The number of hydrogen-bond acceptors (Lipinski definition) is 1. The molecule has 0 aliphatic rings. The maximum absolute atomic E-state index is 11.4. The molecule has 0 aliphatic carbocycles. The molecule has 0 aromatic rings. The van der Waals surface area contributed by atoms with Gasteiger partial charge in [-0.1, -0.05) is 15.9 Å². The van der Waals surface area contributed by atoms with Gasteiger partial charge < -0.3 is 5.32 Å². The van der Waals surface area contributed by atoms with Crippen LogP contribution in [-0.4, -0.2) is 25.1 Å². The molecular formula is C5H11BrFN. The molecular weight excluding hydrogens is 173 g/mol. The minimum absolute atomic E-state index is 0.213. The predicted octanol–water partition coefficient (Wildman–Crippen LogP) is 1.33. The van der Waals surface area contributed by atoms with E-state index in [0.717, 1.165) is 18.4 Å². The molecule has 50 valence electrons. The summed E-state index contributed by atoms with van der Waals surface area (Å²) in [5, 5.41) is 3.99. The zero-order valence-electron chi connectivity index (χ0n) is 4.79. The molecule has 0 saturated carbocycles. The molecule has 0 rings (SSSR count). The van der Waals surface area contributed by atoms with Crippen molar-refractivity contribution in [3.63, 3.8) is 0 Å². The van der Waals surface area contributed by atoms with Crippen LogP contribution in [0.2, 0.25) is 0 Å². The van der Waals surface area contributed by atoms with Crippen LogP contribution in [0.4, 0.5) is 4.39 Å². The molecule has 0 unspecified atom stereocenters. The molecule has 0 aromatic heterocycles. The second-order valence-corrected chi connectivity index (χ2v) is 2.27. The average molecular weight is 184 g/mol. The number of rotatable bonds is 5. The first-order valence-corrected chi connectivity index (χ1v) is 3.86. The monoisotopic (exact) mass is 183 g/mol. The maximum atomic E-state index is 11.4. The van der Waals surface area contributed by atoms with Crippen LogP contribution in [0.15, 0.2) is 0 Å². The Morgan fingerprint density at radius 3 is 2.62 bits per heavy atom. The van der Waals surface area contributed by atoms with Crippen molar-refractivity contribution in [1.29, 1.82) is 0 Å². The largest absolute Gasteiger partial charge is 0.316 e. The number of halogens is 2. The van der Waals surface area contributed by atoms with Gasteiger partial charge in [-0.15, -0.1) is 0 Å². The summed E-state index contributed by atoms with van der Waals surface area (Å²) in [6.07, 6.45) is 0.632. The lowest BCUT2D eigenvalue weighted by Crippen LogP contribution is -2.17. The first-order valence-electron chi connectivity index (χ1n) is 2.74. The Labute approximate surface area is 57.8 Å². The predicted molar refractivity (Wildman–Crippen MR) is 37.3 cm³/mol. The third-order valence-electron chi connectivity index (χ3n) is 0.758. The molecule has 0 heterocycles. The quantitative estimate of drug-likeness (QED) is 0.502. The fraction of sp³-hybridized carbons (Fsp3) is 1.00. The van der Waals surface area contributed by atoms with Gasteiger partial charge in [-0.3, -0.25) is 4.39 Å². The SMILES string of the molecule is FCCCNCCBr. The van der Waals surface area contributed by atoms with Gasteiger partial charge in [-0.2, -0.15) is 0 Å².